The lowest BCUT2D eigenvalue weighted by atomic mass is 10.2. The molecule has 0 radical (unpaired) electrons. The van der Waals surface area contributed by atoms with Gasteiger partial charge in [-0.25, -0.2) is 0 Å². The molecule has 0 saturated heterocycles. The van der Waals surface area contributed by atoms with E-state index in [1.807, 2.05) is 259 Å². The standard InChI is InChI=1S/C8H10.4C7H8.13C2H6/c1-2-8-6-4-3-5-7-8;4*1-7-5-3-2-4-6-7;13*1-2/h3-7H,2H2,1H3;4*2-6H,1H3;13*1-2H3. The van der Waals surface area contributed by atoms with E-state index in [-0.39, 0.29) is 0 Å². The average Bonchev–Trinajstić information content (AvgIpc) is 3.41. The molecule has 0 aliphatic carbocycles. The second kappa shape index (κ2) is 131. The van der Waals surface area contributed by atoms with Crippen LogP contribution >= 0.6 is 0 Å². The molecule has 0 heterocycles. The first kappa shape index (κ1) is 93.1. The van der Waals surface area contributed by atoms with Crippen LogP contribution in [0.3, 0.4) is 0 Å². The molecule has 5 rings (SSSR count). The van der Waals surface area contributed by atoms with Crippen molar-refractivity contribution in [2.45, 2.75) is 221 Å². The predicted molar refractivity (Wildman–Crippen MR) is 308 cm³/mol. The van der Waals surface area contributed by atoms with Crippen LogP contribution in [-0.4, -0.2) is 0 Å². The molecule has 0 atom stereocenters. The van der Waals surface area contributed by atoms with Crippen LogP contribution in [0.25, 0.3) is 0 Å². The van der Waals surface area contributed by atoms with Gasteiger partial charge in [0.15, 0.2) is 0 Å². The first-order valence-corrected chi connectivity index (χ1v) is 25.6. The summed E-state index contributed by atoms with van der Waals surface area (Å²) >= 11 is 0. The van der Waals surface area contributed by atoms with E-state index in [9.17, 15) is 0 Å². The van der Waals surface area contributed by atoms with Gasteiger partial charge in [0.1, 0.15) is 0 Å². The summed E-state index contributed by atoms with van der Waals surface area (Å²) in [6, 6.07) is 51.5. The minimum atomic E-state index is 1.14. The third kappa shape index (κ3) is 117. The fourth-order valence-electron chi connectivity index (χ4n) is 2.85. The Balaban J connectivity index is -0.0000000389. The van der Waals surface area contributed by atoms with Crippen LogP contribution in [0.4, 0.5) is 0 Å². The van der Waals surface area contributed by atoms with Gasteiger partial charge in [0.05, 0.1) is 0 Å². The highest BCUT2D eigenvalue weighted by Crippen LogP contribution is 1.97. The Morgan fingerprint density at radius 2 is 0.306 bits per heavy atom. The zero-order valence-electron chi connectivity index (χ0n) is 48.6. The van der Waals surface area contributed by atoms with Crippen LogP contribution in [0.5, 0.6) is 0 Å². The van der Waals surface area contributed by atoms with Crippen LogP contribution in [0.2, 0.25) is 0 Å². The number of rotatable bonds is 1. The van der Waals surface area contributed by atoms with E-state index < -0.39 is 0 Å². The summed E-state index contributed by atoms with van der Waals surface area (Å²) in [5.41, 5.74) is 6.70. The van der Waals surface area contributed by atoms with Crippen molar-refractivity contribution < 1.29 is 0 Å². The molecule has 0 bridgehead atoms. The van der Waals surface area contributed by atoms with E-state index in [2.05, 4.69) is 107 Å². The van der Waals surface area contributed by atoms with Crippen molar-refractivity contribution in [3.63, 3.8) is 0 Å². The summed E-state index contributed by atoms with van der Waals surface area (Å²) in [4.78, 5) is 0. The van der Waals surface area contributed by atoms with Gasteiger partial charge in [-0.05, 0) is 39.7 Å². The van der Waals surface area contributed by atoms with Gasteiger partial charge in [0, 0.05) is 0 Å². The Hall–Kier alpha value is -3.90. The van der Waals surface area contributed by atoms with E-state index in [1.165, 1.54) is 27.8 Å². The predicted octanol–water partition coefficient (Wildman–Crippen LogP) is 23.6. The smallest absolute Gasteiger partial charge is 0.0307 e. The van der Waals surface area contributed by atoms with Crippen LogP contribution in [-0.2, 0) is 6.42 Å². The van der Waals surface area contributed by atoms with E-state index in [0.29, 0.717) is 0 Å². The Bertz CT molecular complexity index is 951. The maximum Gasteiger partial charge on any atom is -0.0307 e. The second-order valence-corrected chi connectivity index (χ2v) is 8.46. The molecule has 0 aliphatic rings. The normalized spacial score (nSPS) is 6.37. The van der Waals surface area contributed by atoms with Crippen molar-refractivity contribution in [2.24, 2.45) is 0 Å². The molecule has 5 aromatic rings. The molecule has 0 fully saturated rings. The SMILES string of the molecule is CC.CC.CC.CC.CC.CC.CC.CC.CC.CC.CC.CC.CC.CCc1ccccc1.Cc1ccccc1.Cc1ccccc1.Cc1ccccc1.Cc1ccccc1. The lowest BCUT2D eigenvalue weighted by Gasteiger charge is -1.89. The first-order chi connectivity index (χ1) is 30.5. The molecule has 0 unspecified atom stereocenters. The fraction of sp³-hybridized carbons (Fsp3) is 0.516. The Morgan fingerprint density at radius 3 is 0.371 bits per heavy atom. The molecule has 0 heteroatoms. The summed E-state index contributed by atoms with van der Waals surface area (Å²) in [6.07, 6.45) is 1.14. The summed E-state index contributed by atoms with van der Waals surface area (Å²) in [5, 5.41) is 0. The molecule has 0 aromatic heterocycles. The number of hydrogen-bond acceptors (Lipinski definition) is 0. The Morgan fingerprint density at radius 1 is 0.194 bits per heavy atom. The highest BCUT2D eigenvalue weighted by atomic mass is 13.9. The highest BCUT2D eigenvalue weighted by molar-refractivity contribution is 5.15. The van der Waals surface area contributed by atoms with E-state index >= 15 is 0 Å². The monoisotopic (exact) mass is 865 g/mol. The molecular weight excluding hydrogens is 745 g/mol. The lowest BCUT2D eigenvalue weighted by Crippen LogP contribution is -1.73. The van der Waals surface area contributed by atoms with Crippen LogP contribution < -0.4 is 0 Å². The molecular formula is C62H120. The van der Waals surface area contributed by atoms with E-state index in [4.69, 9.17) is 0 Å². The van der Waals surface area contributed by atoms with Gasteiger partial charge in [0.2, 0.25) is 0 Å². The average molecular weight is 866 g/mol. The van der Waals surface area contributed by atoms with Crippen molar-refractivity contribution in [2.75, 3.05) is 0 Å². The van der Waals surface area contributed by atoms with Gasteiger partial charge in [-0.1, -0.05) is 361 Å². The zero-order valence-corrected chi connectivity index (χ0v) is 48.6. The first-order valence-electron chi connectivity index (χ1n) is 25.6. The molecule has 0 nitrogen and oxygen atoms in total. The lowest BCUT2D eigenvalue weighted by molar-refractivity contribution is 1.14. The van der Waals surface area contributed by atoms with Crippen molar-refractivity contribution >= 4 is 0 Å². The maximum atomic E-state index is 2.16. The summed E-state index contributed by atoms with van der Waals surface area (Å²) in [7, 11) is 0. The number of benzene rings is 5. The third-order valence-electron chi connectivity index (χ3n) is 5.01. The largest absolute Gasteiger partial charge is 0.0683 e. The van der Waals surface area contributed by atoms with Gasteiger partial charge < -0.3 is 0 Å². The minimum Gasteiger partial charge on any atom is -0.0683 e. The summed E-state index contributed by atoms with van der Waals surface area (Å²) in [6.45, 7) is 62.5. The van der Waals surface area contributed by atoms with Crippen LogP contribution in [0.15, 0.2) is 152 Å². The molecule has 0 N–H and O–H groups in total. The molecule has 62 heavy (non-hydrogen) atoms. The Labute approximate surface area is 398 Å². The summed E-state index contributed by atoms with van der Waals surface area (Å²) < 4.78 is 0. The fourth-order valence-corrected chi connectivity index (χ4v) is 2.85. The number of aryl methyl sites for hydroxylation is 5. The maximum absolute atomic E-state index is 2.16. The van der Waals surface area contributed by atoms with Crippen LogP contribution in [0, 0.1) is 27.7 Å². The summed E-state index contributed by atoms with van der Waals surface area (Å²) in [5.74, 6) is 0. The molecule has 0 spiro atoms. The van der Waals surface area contributed by atoms with Gasteiger partial charge in [-0.15, -0.1) is 0 Å². The van der Waals surface area contributed by atoms with Crippen LogP contribution in [0.1, 0.15) is 215 Å². The molecule has 5 aromatic carbocycles. The molecule has 0 amide bonds. The van der Waals surface area contributed by atoms with Gasteiger partial charge in [0.25, 0.3) is 0 Å². The van der Waals surface area contributed by atoms with Crippen molar-refractivity contribution in [1.82, 2.24) is 0 Å². The van der Waals surface area contributed by atoms with Gasteiger partial charge >= 0.3 is 0 Å². The van der Waals surface area contributed by atoms with Crippen molar-refractivity contribution in [3.8, 4) is 0 Å². The van der Waals surface area contributed by atoms with Crippen molar-refractivity contribution in [3.05, 3.63) is 179 Å². The third-order valence-corrected chi connectivity index (χ3v) is 5.01. The van der Waals surface area contributed by atoms with Gasteiger partial charge in [-0.2, -0.15) is 0 Å². The minimum absolute atomic E-state index is 1.14. The van der Waals surface area contributed by atoms with Crippen molar-refractivity contribution in [1.29, 1.82) is 0 Å². The molecule has 0 aliphatic heterocycles. The number of hydrogen-bond donors (Lipinski definition) is 0. The molecule has 0 saturated carbocycles. The second-order valence-electron chi connectivity index (χ2n) is 8.46. The van der Waals surface area contributed by atoms with Gasteiger partial charge in [-0.3, -0.25) is 0 Å². The van der Waals surface area contributed by atoms with E-state index in [0.717, 1.165) is 6.42 Å². The topological polar surface area (TPSA) is 0 Å². The van der Waals surface area contributed by atoms with E-state index in [1.54, 1.807) is 0 Å². The Kier molecular flexibility index (Phi) is 196. The molecule has 368 valence electrons. The highest BCUT2D eigenvalue weighted by Gasteiger charge is 1.80. The zero-order chi connectivity index (χ0) is 52.3. The quantitative estimate of drug-likeness (QED) is 0.157.